The second-order valence-corrected chi connectivity index (χ2v) is 4.82. The molecule has 0 radical (unpaired) electrons. The summed E-state index contributed by atoms with van der Waals surface area (Å²) in [5.74, 6) is 1.62. The lowest BCUT2D eigenvalue weighted by molar-refractivity contribution is 0.287. The van der Waals surface area contributed by atoms with E-state index in [-0.39, 0.29) is 0 Å². The standard InChI is InChI=1S/C12H17Cl2NO/c1-9(2)4-3-5-16-12-11(14)6-10(7-13)8-15-12/h6,8-9H,3-5,7H2,1-2H3. The Balaban J connectivity index is 2.42. The van der Waals surface area contributed by atoms with Gasteiger partial charge in [0.05, 0.1) is 6.61 Å². The summed E-state index contributed by atoms with van der Waals surface area (Å²) in [4.78, 5) is 4.13. The van der Waals surface area contributed by atoms with E-state index in [4.69, 9.17) is 27.9 Å². The molecule has 4 heteroatoms. The summed E-state index contributed by atoms with van der Waals surface area (Å²) in [6.45, 7) is 5.05. The third kappa shape index (κ3) is 4.58. The van der Waals surface area contributed by atoms with Gasteiger partial charge in [-0.3, -0.25) is 0 Å². The maximum absolute atomic E-state index is 6.00. The molecule has 0 unspecified atom stereocenters. The van der Waals surface area contributed by atoms with Crippen LogP contribution in [0.2, 0.25) is 5.02 Å². The van der Waals surface area contributed by atoms with Gasteiger partial charge in [-0.1, -0.05) is 25.4 Å². The second-order valence-electron chi connectivity index (χ2n) is 4.15. The fourth-order valence-electron chi connectivity index (χ4n) is 1.30. The largest absolute Gasteiger partial charge is 0.477 e. The number of hydrogen-bond acceptors (Lipinski definition) is 2. The third-order valence-electron chi connectivity index (χ3n) is 2.18. The molecular weight excluding hydrogens is 245 g/mol. The molecule has 0 fully saturated rings. The zero-order valence-electron chi connectivity index (χ0n) is 9.67. The minimum Gasteiger partial charge on any atom is -0.477 e. The van der Waals surface area contributed by atoms with Crippen LogP contribution in [-0.4, -0.2) is 11.6 Å². The van der Waals surface area contributed by atoms with E-state index in [1.54, 1.807) is 12.3 Å². The van der Waals surface area contributed by atoms with Gasteiger partial charge in [-0.15, -0.1) is 11.6 Å². The SMILES string of the molecule is CC(C)CCCOc1ncc(CCl)cc1Cl. The first kappa shape index (κ1) is 13.6. The Morgan fingerprint density at radius 2 is 2.19 bits per heavy atom. The number of nitrogens with zero attached hydrogens (tertiary/aromatic N) is 1. The lowest BCUT2D eigenvalue weighted by Gasteiger charge is -2.08. The molecule has 1 aromatic rings. The van der Waals surface area contributed by atoms with Crippen LogP contribution < -0.4 is 4.74 Å². The highest BCUT2D eigenvalue weighted by Crippen LogP contribution is 2.23. The molecule has 1 heterocycles. The number of halogens is 2. The first-order valence-electron chi connectivity index (χ1n) is 5.46. The van der Waals surface area contributed by atoms with Crippen LogP contribution in [0.4, 0.5) is 0 Å². The summed E-state index contributed by atoms with van der Waals surface area (Å²) in [6.07, 6.45) is 3.86. The van der Waals surface area contributed by atoms with Crippen LogP contribution in [0.3, 0.4) is 0 Å². The highest BCUT2D eigenvalue weighted by Gasteiger charge is 2.04. The number of alkyl halides is 1. The van der Waals surface area contributed by atoms with Gasteiger partial charge in [0.25, 0.3) is 0 Å². The van der Waals surface area contributed by atoms with Crippen molar-refractivity contribution in [3.05, 3.63) is 22.8 Å². The van der Waals surface area contributed by atoms with Crippen molar-refractivity contribution in [3.63, 3.8) is 0 Å². The van der Waals surface area contributed by atoms with E-state index in [1.165, 1.54) is 0 Å². The van der Waals surface area contributed by atoms with E-state index >= 15 is 0 Å². The van der Waals surface area contributed by atoms with Crippen molar-refractivity contribution in [3.8, 4) is 5.88 Å². The normalized spacial score (nSPS) is 10.8. The maximum atomic E-state index is 6.00. The summed E-state index contributed by atoms with van der Waals surface area (Å²) >= 11 is 11.7. The van der Waals surface area contributed by atoms with Crippen molar-refractivity contribution in [2.45, 2.75) is 32.6 Å². The van der Waals surface area contributed by atoms with E-state index < -0.39 is 0 Å². The number of hydrogen-bond donors (Lipinski definition) is 0. The van der Waals surface area contributed by atoms with Crippen molar-refractivity contribution >= 4 is 23.2 Å². The van der Waals surface area contributed by atoms with Crippen molar-refractivity contribution in [2.24, 2.45) is 5.92 Å². The highest BCUT2D eigenvalue weighted by atomic mass is 35.5. The van der Waals surface area contributed by atoms with E-state index in [1.807, 2.05) is 0 Å². The van der Waals surface area contributed by atoms with E-state index in [0.29, 0.717) is 29.3 Å². The molecule has 0 spiro atoms. The summed E-state index contributed by atoms with van der Waals surface area (Å²) in [5.41, 5.74) is 0.904. The summed E-state index contributed by atoms with van der Waals surface area (Å²) in [6, 6.07) is 1.79. The first-order chi connectivity index (χ1) is 7.63. The number of rotatable bonds is 6. The molecule has 16 heavy (non-hydrogen) atoms. The number of pyridine rings is 1. The summed E-state index contributed by atoms with van der Waals surface area (Å²) in [5, 5.41) is 0.530. The number of ether oxygens (including phenoxy) is 1. The van der Waals surface area contributed by atoms with Crippen LogP contribution in [0.15, 0.2) is 12.3 Å². The van der Waals surface area contributed by atoms with E-state index in [0.717, 1.165) is 18.4 Å². The monoisotopic (exact) mass is 261 g/mol. The Morgan fingerprint density at radius 3 is 2.75 bits per heavy atom. The van der Waals surface area contributed by atoms with Gasteiger partial charge >= 0.3 is 0 Å². The molecule has 90 valence electrons. The van der Waals surface area contributed by atoms with Crippen LogP contribution in [0.5, 0.6) is 5.88 Å². The van der Waals surface area contributed by atoms with Gasteiger partial charge in [0.15, 0.2) is 0 Å². The van der Waals surface area contributed by atoms with E-state index in [2.05, 4.69) is 18.8 Å². The minimum absolute atomic E-state index is 0.417. The van der Waals surface area contributed by atoms with Gasteiger partial charge in [0.2, 0.25) is 5.88 Å². The Morgan fingerprint density at radius 1 is 1.44 bits per heavy atom. The topological polar surface area (TPSA) is 22.1 Å². The third-order valence-corrected chi connectivity index (χ3v) is 2.76. The van der Waals surface area contributed by atoms with Crippen LogP contribution in [0, 0.1) is 5.92 Å². The molecule has 2 nitrogen and oxygen atoms in total. The molecule has 0 saturated heterocycles. The van der Waals surface area contributed by atoms with Crippen LogP contribution in [-0.2, 0) is 5.88 Å². The molecule has 1 aromatic heterocycles. The van der Waals surface area contributed by atoms with Gasteiger partial charge < -0.3 is 4.74 Å². The quantitative estimate of drug-likeness (QED) is 0.563. The Kier molecular flexibility index (Phi) is 5.93. The van der Waals surface area contributed by atoms with Crippen molar-refractivity contribution < 1.29 is 4.74 Å². The Hall–Kier alpha value is -0.470. The van der Waals surface area contributed by atoms with Crippen LogP contribution >= 0.6 is 23.2 Å². The lowest BCUT2D eigenvalue weighted by atomic mass is 10.1. The fraction of sp³-hybridized carbons (Fsp3) is 0.583. The molecule has 0 aliphatic carbocycles. The maximum Gasteiger partial charge on any atom is 0.232 e. The smallest absolute Gasteiger partial charge is 0.232 e. The lowest BCUT2D eigenvalue weighted by Crippen LogP contribution is -2.01. The summed E-state index contributed by atoms with van der Waals surface area (Å²) < 4.78 is 5.50. The van der Waals surface area contributed by atoms with Crippen molar-refractivity contribution in [1.82, 2.24) is 4.98 Å². The zero-order chi connectivity index (χ0) is 12.0. The molecule has 0 atom stereocenters. The highest BCUT2D eigenvalue weighted by molar-refractivity contribution is 6.32. The van der Waals surface area contributed by atoms with Gasteiger partial charge in [-0.2, -0.15) is 0 Å². The van der Waals surface area contributed by atoms with Crippen LogP contribution in [0.25, 0.3) is 0 Å². The van der Waals surface area contributed by atoms with Gasteiger partial charge in [0, 0.05) is 12.1 Å². The molecule has 0 N–H and O–H groups in total. The van der Waals surface area contributed by atoms with Gasteiger partial charge in [-0.25, -0.2) is 4.98 Å². The molecule has 0 aliphatic heterocycles. The predicted octanol–water partition coefficient (Wildman–Crippen LogP) is 4.29. The molecule has 0 bridgehead atoms. The van der Waals surface area contributed by atoms with Crippen molar-refractivity contribution in [2.75, 3.05) is 6.61 Å². The molecule has 0 amide bonds. The zero-order valence-corrected chi connectivity index (χ0v) is 11.2. The minimum atomic E-state index is 0.417. The molecule has 0 aromatic carbocycles. The molecule has 0 saturated carbocycles. The van der Waals surface area contributed by atoms with Gasteiger partial charge in [-0.05, 0) is 30.4 Å². The van der Waals surface area contributed by atoms with Gasteiger partial charge in [0.1, 0.15) is 5.02 Å². The Bertz CT molecular complexity index is 329. The Labute approximate surface area is 107 Å². The van der Waals surface area contributed by atoms with E-state index in [9.17, 15) is 0 Å². The fourth-order valence-corrected chi connectivity index (χ4v) is 1.69. The molecule has 0 aliphatic rings. The first-order valence-corrected chi connectivity index (χ1v) is 6.38. The summed E-state index contributed by atoms with van der Waals surface area (Å²) in [7, 11) is 0. The van der Waals surface area contributed by atoms with Crippen molar-refractivity contribution in [1.29, 1.82) is 0 Å². The average Bonchev–Trinajstić information content (AvgIpc) is 2.25. The molecular formula is C12H17Cl2NO. The number of aromatic nitrogens is 1. The average molecular weight is 262 g/mol. The molecule has 1 rings (SSSR count). The second kappa shape index (κ2) is 6.97. The van der Waals surface area contributed by atoms with Crippen LogP contribution in [0.1, 0.15) is 32.3 Å². The predicted molar refractivity (Wildman–Crippen MR) is 68.4 cm³/mol.